The molecule has 3 atom stereocenters. The van der Waals surface area contributed by atoms with Gasteiger partial charge < -0.3 is 10.4 Å². The summed E-state index contributed by atoms with van der Waals surface area (Å²) in [6.07, 6.45) is 7.19. The minimum Gasteiger partial charge on any atom is -0.396 e. The van der Waals surface area contributed by atoms with Crippen molar-refractivity contribution in [1.82, 2.24) is 5.32 Å². The van der Waals surface area contributed by atoms with Crippen LogP contribution in [0, 0.1) is 5.41 Å². The van der Waals surface area contributed by atoms with Crippen LogP contribution in [0.3, 0.4) is 0 Å². The van der Waals surface area contributed by atoms with E-state index in [2.05, 4.69) is 36.5 Å². The predicted octanol–water partition coefficient (Wildman–Crippen LogP) is 2.68. The molecule has 0 spiro atoms. The molecule has 0 saturated heterocycles. The Labute approximate surface area is 116 Å². The number of hydrogen-bond acceptors (Lipinski definition) is 2. The number of aliphatic hydroxyl groups excluding tert-OH is 1. The maximum Gasteiger partial charge on any atom is 0.0499 e. The Morgan fingerprint density at radius 2 is 2.05 bits per heavy atom. The molecule has 0 radical (unpaired) electrons. The Balaban J connectivity index is 1.66. The molecule has 2 nitrogen and oxygen atoms in total. The third kappa shape index (κ3) is 2.56. The van der Waals surface area contributed by atoms with Crippen LogP contribution >= 0.6 is 0 Å². The van der Waals surface area contributed by atoms with Crippen LogP contribution in [0.2, 0.25) is 0 Å². The maximum absolute atomic E-state index is 9.64. The van der Waals surface area contributed by atoms with Crippen LogP contribution in [-0.4, -0.2) is 23.8 Å². The van der Waals surface area contributed by atoms with Gasteiger partial charge in [-0.1, -0.05) is 37.6 Å². The lowest BCUT2D eigenvalue weighted by Crippen LogP contribution is -2.48. The molecule has 2 heteroatoms. The minimum absolute atomic E-state index is 0.0942. The van der Waals surface area contributed by atoms with E-state index in [9.17, 15) is 5.11 Å². The van der Waals surface area contributed by atoms with E-state index in [-0.39, 0.29) is 5.41 Å². The molecule has 2 N–H and O–H groups in total. The number of fused-ring (bicyclic) bond motifs is 1. The first kappa shape index (κ1) is 13.1. The molecule has 0 bridgehead atoms. The lowest BCUT2D eigenvalue weighted by atomic mass is 9.83. The van der Waals surface area contributed by atoms with Gasteiger partial charge in [-0.05, 0) is 43.2 Å². The van der Waals surface area contributed by atoms with Gasteiger partial charge in [0.1, 0.15) is 0 Å². The Morgan fingerprint density at radius 1 is 1.26 bits per heavy atom. The molecule has 1 aromatic carbocycles. The molecule has 104 valence electrons. The molecular formula is C17H25NO. The number of benzene rings is 1. The fourth-order valence-electron chi connectivity index (χ4n) is 3.83. The van der Waals surface area contributed by atoms with Gasteiger partial charge in [-0.25, -0.2) is 0 Å². The summed E-state index contributed by atoms with van der Waals surface area (Å²) < 4.78 is 0. The molecule has 1 aromatic rings. The third-order valence-corrected chi connectivity index (χ3v) is 5.23. The largest absolute Gasteiger partial charge is 0.396 e. The Kier molecular flexibility index (Phi) is 3.64. The van der Waals surface area contributed by atoms with Gasteiger partial charge in [0.05, 0.1) is 0 Å². The number of nitrogens with one attached hydrogen (secondary N) is 1. The molecule has 3 unspecified atom stereocenters. The standard InChI is InChI=1S/C17H25NO/c1-17(12-19)10-4-7-16(17)18-15-9-8-13-5-2-3-6-14(13)11-15/h2-3,5-6,15-16,18-19H,4,7-12H2,1H3. The van der Waals surface area contributed by atoms with Crippen molar-refractivity contribution in [1.29, 1.82) is 0 Å². The predicted molar refractivity (Wildman–Crippen MR) is 78.2 cm³/mol. The number of aryl methyl sites for hydroxylation is 1. The quantitative estimate of drug-likeness (QED) is 0.874. The number of aliphatic hydroxyl groups is 1. The highest BCUT2D eigenvalue weighted by molar-refractivity contribution is 5.30. The molecule has 19 heavy (non-hydrogen) atoms. The molecule has 1 saturated carbocycles. The zero-order valence-electron chi connectivity index (χ0n) is 11.9. The highest BCUT2D eigenvalue weighted by atomic mass is 16.3. The van der Waals surface area contributed by atoms with E-state index in [1.54, 1.807) is 0 Å². The van der Waals surface area contributed by atoms with E-state index >= 15 is 0 Å². The van der Waals surface area contributed by atoms with Crippen molar-refractivity contribution in [2.45, 2.75) is 57.5 Å². The second-order valence-electron chi connectivity index (χ2n) is 6.63. The zero-order valence-corrected chi connectivity index (χ0v) is 11.9. The summed E-state index contributed by atoms with van der Waals surface area (Å²) in [6, 6.07) is 9.90. The fourth-order valence-corrected chi connectivity index (χ4v) is 3.83. The summed E-state index contributed by atoms with van der Waals surface area (Å²) in [5.74, 6) is 0. The van der Waals surface area contributed by atoms with E-state index < -0.39 is 0 Å². The van der Waals surface area contributed by atoms with Gasteiger partial charge in [-0.2, -0.15) is 0 Å². The van der Waals surface area contributed by atoms with Gasteiger partial charge in [-0.15, -0.1) is 0 Å². The Bertz CT molecular complexity index is 445. The van der Waals surface area contributed by atoms with Crippen LogP contribution in [0.25, 0.3) is 0 Å². The van der Waals surface area contributed by atoms with Crippen LogP contribution in [0.15, 0.2) is 24.3 Å². The SMILES string of the molecule is CC1(CO)CCCC1NC1CCc2ccccc2C1. The number of rotatable bonds is 3. The molecule has 2 aliphatic rings. The summed E-state index contributed by atoms with van der Waals surface area (Å²) >= 11 is 0. The summed E-state index contributed by atoms with van der Waals surface area (Å²) in [7, 11) is 0. The lowest BCUT2D eigenvalue weighted by molar-refractivity contribution is 0.112. The minimum atomic E-state index is 0.0942. The average molecular weight is 259 g/mol. The van der Waals surface area contributed by atoms with Crippen LogP contribution in [-0.2, 0) is 12.8 Å². The lowest BCUT2D eigenvalue weighted by Gasteiger charge is -2.35. The normalized spacial score (nSPS) is 34.2. The van der Waals surface area contributed by atoms with Crippen LogP contribution < -0.4 is 5.32 Å². The van der Waals surface area contributed by atoms with E-state index in [0.29, 0.717) is 18.7 Å². The molecule has 2 aliphatic carbocycles. The summed E-state index contributed by atoms with van der Waals surface area (Å²) in [4.78, 5) is 0. The van der Waals surface area contributed by atoms with Gasteiger partial charge in [-0.3, -0.25) is 0 Å². The monoisotopic (exact) mass is 259 g/mol. The van der Waals surface area contributed by atoms with Gasteiger partial charge >= 0.3 is 0 Å². The molecule has 0 amide bonds. The molecule has 0 heterocycles. The highest BCUT2D eigenvalue weighted by Crippen LogP contribution is 2.38. The topological polar surface area (TPSA) is 32.3 Å². The zero-order chi connectivity index (χ0) is 13.3. The highest BCUT2D eigenvalue weighted by Gasteiger charge is 2.39. The number of hydrogen-bond donors (Lipinski definition) is 2. The van der Waals surface area contributed by atoms with Crippen LogP contribution in [0.1, 0.15) is 43.7 Å². The van der Waals surface area contributed by atoms with Gasteiger partial charge in [0.2, 0.25) is 0 Å². The first-order chi connectivity index (χ1) is 9.21. The fraction of sp³-hybridized carbons (Fsp3) is 0.647. The molecule has 3 rings (SSSR count). The molecule has 1 fully saturated rings. The van der Waals surface area contributed by atoms with E-state index in [4.69, 9.17) is 0 Å². The molecule has 0 aromatic heterocycles. The summed E-state index contributed by atoms with van der Waals surface area (Å²) in [5.41, 5.74) is 3.13. The van der Waals surface area contributed by atoms with Crippen LogP contribution in [0.4, 0.5) is 0 Å². The van der Waals surface area contributed by atoms with Crippen molar-refractivity contribution in [2.24, 2.45) is 5.41 Å². The average Bonchev–Trinajstić information content (AvgIpc) is 2.81. The van der Waals surface area contributed by atoms with Gasteiger partial charge in [0.15, 0.2) is 0 Å². The van der Waals surface area contributed by atoms with Crippen molar-refractivity contribution >= 4 is 0 Å². The molecular weight excluding hydrogens is 234 g/mol. The van der Waals surface area contributed by atoms with Crippen molar-refractivity contribution in [3.63, 3.8) is 0 Å². The first-order valence-electron chi connectivity index (χ1n) is 7.65. The van der Waals surface area contributed by atoms with E-state index in [1.165, 1.54) is 36.8 Å². The summed E-state index contributed by atoms with van der Waals surface area (Å²) in [6.45, 7) is 2.54. The van der Waals surface area contributed by atoms with E-state index in [0.717, 1.165) is 12.8 Å². The van der Waals surface area contributed by atoms with Crippen molar-refractivity contribution in [3.8, 4) is 0 Å². The Hall–Kier alpha value is -0.860. The van der Waals surface area contributed by atoms with Crippen molar-refractivity contribution in [2.75, 3.05) is 6.61 Å². The van der Waals surface area contributed by atoms with Gasteiger partial charge in [0.25, 0.3) is 0 Å². The van der Waals surface area contributed by atoms with Crippen molar-refractivity contribution in [3.05, 3.63) is 35.4 Å². The molecule has 0 aliphatic heterocycles. The van der Waals surface area contributed by atoms with Gasteiger partial charge in [0, 0.05) is 24.1 Å². The smallest absolute Gasteiger partial charge is 0.0499 e. The van der Waals surface area contributed by atoms with E-state index in [1.807, 2.05) is 0 Å². The maximum atomic E-state index is 9.64. The second kappa shape index (κ2) is 5.26. The van der Waals surface area contributed by atoms with Crippen molar-refractivity contribution < 1.29 is 5.11 Å². The summed E-state index contributed by atoms with van der Waals surface area (Å²) in [5, 5.41) is 13.5. The first-order valence-corrected chi connectivity index (χ1v) is 7.65. The second-order valence-corrected chi connectivity index (χ2v) is 6.63. The Morgan fingerprint density at radius 3 is 2.84 bits per heavy atom. The van der Waals surface area contributed by atoms with Crippen LogP contribution in [0.5, 0.6) is 0 Å². The third-order valence-electron chi connectivity index (χ3n) is 5.23.